The van der Waals surface area contributed by atoms with Gasteiger partial charge in [-0.25, -0.2) is 4.39 Å². The summed E-state index contributed by atoms with van der Waals surface area (Å²) in [6.45, 7) is 18.4. The van der Waals surface area contributed by atoms with Crippen molar-refractivity contribution in [3.63, 3.8) is 0 Å². The molecule has 6 heteroatoms. The molecule has 0 atom stereocenters. The molecule has 0 spiro atoms. The van der Waals surface area contributed by atoms with Crippen LogP contribution in [-0.2, 0) is 9.31 Å². The van der Waals surface area contributed by atoms with Gasteiger partial charge in [-0.15, -0.1) is 0 Å². The van der Waals surface area contributed by atoms with Gasteiger partial charge in [0, 0.05) is 5.46 Å². The van der Waals surface area contributed by atoms with E-state index in [1.165, 1.54) is 0 Å². The normalized spacial score (nSPS) is 20.3. The first-order valence-corrected chi connectivity index (χ1v) is 11.4. The van der Waals surface area contributed by atoms with Gasteiger partial charge in [-0.1, -0.05) is 32.9 Å². The van der Waals surface area contributed by atoms with Gasteiger partial charge in [-0.2, -0.15) is 0 Å². The van der Waals surface area contributed by atoms with Crippen molar-refractivity contribution < 1.29 is 18.1 Å². The SMILES string of the molecule is CC1(C)OB(c2cccc(O[Si](C)(C)C(C)(C)C)c2F)OC1(C)C. The van der Waals surface area contributed by atoms with Gasteiger partial charge in [-0.05, 0) is 51.9 Å². The van der Waals surface area contributed by atoms with Crippen LogP contribution >= 0.6 is 0 Å². The molecule has 0 saturated carbocycles. The van der Waals surface area contributed by atoms with Gasteiger partial charge in [0.05, 0.1) is 11.2 Å². The van der Waals surface area contributed by atoms with E-state index in [1.807, 2.05) is 27.7 Å². The summed E-state index contributed by atoms with van der Waals surface area (Å²) < 4.78 is 33.2. The third kappa shape index (κ3) is 3.42. The third-order valence-corrected chi connectivity index (χ3v) is 10.0. The van der Waals surface area contributed by atoms with Crippen molar-refractivity contribution in [1.82, 2.24) is 0 Å². The highest BCUT2D eigenvalue weighted by Crippen LogP contribution is 2.39. The van der Waals surface area contributed by atoms with Crippen molar-refractivity contribution >= 4 is 20.9 Å². The van der Waals surface area contributed by atoms with Gasteiger partial charge >= 0.3 is 7.12 Å². The summed E-state index contributed by atoms with van der Waals surface area (Å²) in [6, 6.07) is 5.19. The van der Waals surface area contributed by atoms with Crippen molar-refractivity contribution in [3.05, 3.63) is 24.0 Å². The molecule has 0 amide bonds. The molecule has 1 heterocycles. The highest BCUT2D eigenvalue weighted by Gasteiger charge is 2.52. The largest absolute Gasteiger partial charge is 0.542 e. The lowest BCUT2D eigenvalue weighted by Crippen LogP contribution is -2.45. The van der Waals surface area contributed by atoms with Crippen molar-refractivity contribution in [2.24, 2.45) is 0 Å². The summed E-state index contributed by atoms with van der Waals surface area (Å²) in [6.07, 6.45) is 0. The Kier molecular flexibility index (Phi) is 4.75. The van der Waals surface area contributed by atoms with E-state index >= 15 is 4.39 Å². The molecular formula is C18H30BFO3Si. The molecule has 0 radical (unpaired) electrons. The van der Waals surface area contributed by atoms with E-state index in [9.17, 15) is 0 Å². The van der Waals surface area contributed by atoms with E-state index in [4.69, 9.17) is 13.7 Å². The quantitative estimate of drug-likeness (QED) is 0.749. The molecule has 1 saturated heterocycles. The zero-order valence-corrected chi connectivity index (χ0v) is 17.4. The summed E-state index contributed by atoms with van der Waals surface area (Å²) in [4.78, 5) is 0. The Bertz CT molecular complexity index is 607. The predicted molar refractivity (Wildman–Crippen MR) is 99.9 cm³/mol. The second-order valence-electron chi connectivity index (χ2n) is 9.11. The van der Waals surface area contributed by atoms with Crippen LogP contribution in [0, 0.1) is 5.82 Å². The summed E-state index contributed by atoms with van der Waals surface area (Å²) in [7, 11) is -2.84. The maximum absolute atomic E-state index is 15.1. The highest BCUT2D eigenvalue weighted by molar-refractivity contribution is 6.74. The van der Waals surface area contributed by atoms with Crippen LogP contribution in [-0.4, -0.2) is 26.6 Å². The van der Waals surface area contributed by atoms with Crippen LogP contribution in [0.1, 0.15) is 48.5 Å². The van der Waals surface area contributed by atoms with E-state index in [0.29, 0.717) is 5.46 Å². The van der Waals surface area contributed by atoms with E-state index in [2.05, 4.69) is 33.9 Å². The molecule has 1 fully saturated rings. The van der Waals surface area contributed by atoms with Crippen LogP contribution in [0.4, 0.5) is 4.39 Å². The minimum absolute atomic E-state index is 0.000213. The second kappa shape index (κ2) is 5.85. The van der Waals surface area contributed by atoms with E-state index in [1.54, 1.807) is 18.2 Å². The van der Waals surface area contributed by atoms with E-state index < -0.39 is 26.6 Å². The first kappa shape index (κ1) is 19.5. The number of hydrogen-bond acceptors (Lipinski definition) is 3. The van der Waals surface area contributed by atoms with Gasteiger partial charge in [0.1, 0.15) is 5.75 Å². The van der Waals surface area contributed by atoms with E-state index in [-0.39, 0.29) is 16.6 Å². The molecule has 0 aliphatic carbocycles. The number of rotatable bonds is 3. The Morgan fingerprint density at radius 2 is 1.54 bits per heavy atom. The minimum Gasteiger partial charge on any atom is -0.542 e. The molecule has 2 rings (SSSR count). The van der Waals surface area contributed by atoms with Gasteiger partial charge in [0.25, 0.3) is 8.32 Å². The Hall–Kier alpha value is -0.848. The van der Waals surface area contributed by atoms with Crippen molar-refractivity contribution in [2.75, 3.05) is 0 Å². The lowest BCUT2D eigenvalue weighted by Gasteiger charge is -2.36. The summed E-state index contributed by atoms with van der Waals surface area (Å²) in [5.41, 5.74) is -0.606. The standard InChI is InChI=1S/C18H30BFO3Si/c1-16(2,3)24(8,9)21-14-12-10-11-13(15(14)20)19-22-17(4,5)18(6,7)23-19/h10-12H,1-9H3. The third-order valence-electron chi connectivity index (χ3n) is 5.67. The Morgan fingerprint density at radius 1 is 1.04 bits per heavy atom. The molecule has 1 aromatic carbocycles. The average Bonchev–Trinajstić information content (AvgIpc) is 2.59. The van der Waals surface area contributed by atoms with Crippen molar-refractivity contribution in [3.8, 4) is 5.75 Å². The Labute approximate surface area is 147 Å². The predicted octanol–water partition coefficient (Wildman–Crippen LogP) is 4.51. The Morgan fingerprint density at radius 3 is 2.00 bits per heavy atom. The van der Waals surface area contributed by atoms with Gasteiger partial charge in [-0.3, -0.25) is 0 Å². The molecule has 24 heavy (non-hydrogen) atoms. The molecule has 134 valence electrons. The maximum Gasteiger partial charge on any atom is 0.497 e. The zero-order valence-electron chi connectivity index (χ0n) is 16.4. The number of hydrogen-bond donors (Lipinski definition) is 0. The van der Waals surface area contributed by atoms with Crippen LogP contribution in [0.15, 0.2) is 18.2 Å². The van der Waals surface area contributed by atoms with Gasteiger partial charge in [0.2, 0.25) is 0 Å². The molecule has 1 aliphatic heterocycles. The summed E-state index contributed by atoms with van der Waals surface area (Å²) >= 11 is 0. The molecule has 0 N–H and O–H groups in total. The molecule has 1 aromatic rings. The lowest BCUT2D eigenvalue weighted by atomic mass is 9.78. The fraction of sp³-hybridized carbons (Fsp3) is 0.667. The van der Waals surface area contributed by atoms with Crippen LogP contribution in [0.5, 0.6) is 5.75 Å². The van der Waals surface area contributed by atoms with Crippen LogP contribution in [0.3, 0.4) is 0 Å². The van der Waals surface area contributed by atoms with Crippen molar-refractivity contribution in [2.45, 2.75) is 77.8 Å². The number of halogens is 1. The molecule has 1 aliphatic rings. The second-order valence-corrected chi connectivity index (χ2v) is 13.8. The van der Waals surface area contributed by atoms with Gasteiger partial charge in [0.15, 0.2) is 5.82 Å². The van der Waals surface area contributed by atoms with Gasteiger partial charge < -0.3 is 13.7 Å². The molecule has 0 unspecified atom stereocenters. The van der Waals surface area contributed by atoms with Crippen LogP contribution < -0.4 is 9.89 Å². The van der Waals surface area contributed by atoms with E-state index in [0.717, 1.165) is 0 Å². The topological polar surface area (TPSA) is 27.7 Å². The molecule has 0 bridgehead atoms. The maximum atomic E-state index is 15.1. The minimum atomic E-state index is -2.12. The first-order chi connectivity index (χ1) is 10.7. The fourth-order valence-corrected chi connectivity index (χ4v) is 3.20. The van der Waals surface area contributed by atoms with Crippen LogP contribution in [0.2, 0.25) is 18.1 Å². The average molecular weight is 352 g/mol. The lowest BCUT2D eigenvalue weighted by molar-refractivity contribution is 0.00578. The molecule has 3 nitrogen and oxygen atoms in total. The smallest absolute Gasteiger partial charge is 0.497 e. The van der Waals surface area contributed by atoms with Crippen molar-refractivity contribution in [1.29, 1.82) is 0 Å². The molecular weight excluding hydrogens is 322 g/mol. The number of benzene rings is 1. The first-order valence-electron chi connectivity index (χ1n) is 8.51. The highest BCUT2D eigenvalue weighted by atomic mass is 28.4. The fourth-order valence-electron chi connectivity index (χ4n) is 2.19. The van der Waals surface area contributed by atoms with Crippen LogP contribution in [0.25, 0.3) is 0 Å². The summed E-state index contributed by atoms with van der Waals surface area (Å²) in [5, 5.41) is -0.000213. The zero-order chi connectivity index (χ0) is 18.6. The molecule has 0 aromatic heterocycles. The summed E-state index contributed by atoms with van der Waals surface area (Å²) in [5.74, 6) is -0.102. The Balaban J connectivity index is 2.33. The monoisotopic (exact) mass is 352 g/mol.